The molecule has 2 N–H and O–H groups in total. The van der Waals surface area contributed by atoms with Crippen LogP contribution in [0.25, 0.3) is 0 Å². The van der Waals surface area contributed by atoms with Crippen molar-refractivity contribution in [1.29, 1.82) is 0 Å². The van der Waals surface area contributed by atoms with Gasteiger partial charge in [0.1, 0.15) is 5.75 Å². The Labute approximate surface area is 104 Å². The number of nitrogens with one attached hydrogen (secondary N) is 1. The van der Waals surface area contributed by atoms with Gasteiger partial charge in [0.2, 0.25) is 5.88 Å². The molecule has 1 amide bonds. The Kier molecular flexibility index (Phi) is 3.06. The summed E-state index contributed by atoms with van der Waals surface area (Å²) < 4.78 is 4.99. The van der Waals surface area contributed by atoms with Crippen LogP contribution >= 0.6 is 0 Å². The van der Waals surface area contributed by atoms with Crippen LogP contribution in [0.3, 0.4) is 0 Å². The van der Waals surface area contributed by atoms with E-state index in [4.69, 9.17) is 4.52 Å². The highest BCUT2D eigenvalue weighted by Gasteiger charge is 2.16. The Hall–Kier alpha value is -2.30. The minimum absolute atomic E-state index is 0.0630. The molecule has 94 valence electrons. The molecule has 0 aliphatic rings. The summed E-state index contributed by atoms with van der Waals surface area (Å²) in [5.41, 5.74) is 2.60. The van der Waals surface area contributed by atoms with Gasteiger partial charge in [-0.15, -0.1) is 0 Å². The summed E-state index contributed by atoms with van der Waals surface area (Å²) in [6, 6.07) is 4.84. The van der Waals surface area contributed by atoms with Crippen molar-refractivity contribution in [1.82, 2.24) is 5.16 Å². The molecular weight excluding hydrogens is 232 g/mol. The van der Waals surface area contributed by atoms with Crippen molar-refractivity contribution in [2.45, 2.75) is 20.8 Å². The Bertz CT molecular complexity index is 602. The molecule has 1 aromatic carbocycles. The largest absolute Gasteiger partial charge is 0.507 e. The van der Waals surface area contributed by atoms with Crippen LogP contribution in [-0.4, -0.2) is 16.2 Å². The third kappa shape index (κ3) is 2.20. The highest BCUT2D eigenvalue weighted by atomic mass is 16.5. The minimum Gasteiger partial charge on any atom is -0.507 e. The van der Waals surface area contributed by atoms with Gasteiger partial charge in [-0.2, -0.15) is 0 Å². The zero-order chi connectivity index (χ0) is 13.3. The molecule has 0 aliphatic heterocycles. The topological polar surface area (TPSA) is 75.4 Å². The summed E-state index contributed by atoms with van der Waals surface area (Å²) in [7, 11) is 0. The van der Waals surface area contributed by atoms with Gasteiger partial charge in [0.05, 0.1) is 11.3 Å². The SMILES string of the molecule is Cc1ccc(O)c(C(=O)Nc2onc(C)c2C)c1. The van der Waals surface area contributed by atoms with Crippen LogP contribution in [0.4, 0.5) is 5.88 Å². The summed E-state index contributed by atoms with van der Waals surface area (Å²) in [6.07, 6.45) is 0. The molecule has 0 spiro atoms. The third-order valence-corrected chi connectivity index (χ3v) is 2.78. The van der Waals surface area contributed by atoms with E-state index in [1.807, 2.05) is 6.92 Å². The van der Waals surface area contributed by atoms with Crippen molar-refractivity contribution >= 4 is 11.8 Å². The maximum absolute atomic E-state index is 12.0. The molecule has 0 bridgehead atoms. The number of carbonyl (C=O) groups excluding carboxylic acids is 1. The predicted octanol–water partition coefficient (Wildman–Crippen LogP) is 2.56. The number of aromatic hydroxyl groups is 1. The van der Waals surface area contributed by atoms with E-state index in [0.717, 1.165) is 16.8 Å². The Morgan fingerprint density at radius 3 is 2.67 bits per heavy atom. The zero-order valence-corrected chi connectivity index (χ0v) is 10.4. The number of phenolic OH excluding ortho intramolecular Hbond substituents is 1. The molecule has 1 aromatic heterocycles. The molecule has 5 heteroatoms. The first-order valence-electron chi connectivity index (χ1n) is 5.53. The second-order valence-corrected chi connectivity index (χ2v) is 4.20. The predicted molar refractivity (Wildman–Crippen MR) is 66.8 cm³/mol. The van der Waals surface area contributed by atoms with E-state index in [9.17, 15) is 9.90 Å². The van der Waals surface area contributed by atoms with Gasteiger partial charge in [-0.1, -0.05) is 16.8 Å². The van der Waals surface area contributed by atoms with Crippen molar-refractivity contribution in [3.63, 3.8) is 0 Å². The lowest BCUT2D eigenvalue weighted by atomic mass is 10.1. The number of aryl methyl sites for hydroxylation is 2. The van der Waals surface area contributed by atoms with Crippen LogP contribution in [0.5, 0.6) is 5.75 Å². The van der Waals surface area contributed by atoms with Crippen LogP contribution in [0.15, 0.2) is 22.7 Å². The standard InChI is InChI=1S/C13H14N2O3/c1-7-4-5-11(16)10(6-7)12(17)14-13-8(2)9(3)15-18-13/h4-6,16H,1-3H3,(H,14,17). The fraction of sp³-hybridized carbons (Fsp3) is 0.231. The summed E-state index contributed by atoms with van der Waals surface area (Å²) in [6.45, 7) is 5.44. The van der Waals surface area contributed by atoms with Crippen molar-refractivity contribution in [3.05, 3.63) is 40.6 Å². The third-order valence-electron chi connectivity index (χ3n) is 2.78. The van der Waals surface area contributed by atoms with Crippen molar-refractivity contribution < 1.29 is 14.4 Å². The van der Waals surface area contributed by atoms with Gasteiger partial charge in [0.25, 0.3) is 5.91 Å². The fourth-order valence-corrected chi connectivity index (χ4v) is 1.53. The van der Waals surface area contributed by atoms with E-state index in [0.29, 0.717) is 5.88 Å². The molecule has 2 aromatic rings. The number of phenols is 1. The first-order chi connectivity index (χ1) is 8.49. The lowest BCUT2D eigenvalue weighted by Crippen LogP contribution is -2.12. The fourth-order valence-electron chi connectivity index (χ4n) is 1.53. The molecule has 2 rings (SSSR count). The smallest absolute Gasteiger partial charge is 0.261 e. The van der Waals surface area contributed by atoms with E-state index in [1.165, 1.54) is 6.07 Å². The molecule has 0 saturated heterocycles. The average molecular weight is 246 g/mol. The van der Waals surface area contributed by atoms with Crippen molar-refractivity contribution in [2.24, 2.45) is 0 Å². The van der Waals surface area contributed by atoms with E-state index in [1.54, 1.807) is 26.0 Å². The van der Waals surface area contributed by atoms with Gasteiger partial charge in [-0.3, -0.25) is 10.1 Å². The summed E-state index contributed by atoms with van der Waals surface area (Å²) in [4.78, 5) is 12.0. The molecule has 0 aliphatic carbocycles. The van der Waals surface area contributed by atoms with Crippen LogP contribution in [-0.2, 0) is 0 Å². The number of aromatic nitrogens is 1. The second kappa shape index (κ2) is 4.52. The van der Waals surface area contributed by atoms with Crippen LogP contribution in [0, 0.1) is 20.8 Å². The Morgan fingerprint density at radius 1 is 1.33 bits per heavy atom. The molecule has 0 unspecified atom stereocenters. The summed E-state index contributed by atoms with van der Waals surface area (Å²) >= 11 is 0. The number of hydrogen-bond donors (Lipinski definition) is 2. The number of rotatable bonds is 2. The molecule has 18 heavy (non-hydrogen) atoms. The van der Waals surface area contributed by atoms with Gasteiger partial charge in [0.15, 0.2) is 0 Å². The first kappa shape index (κ1) is 12.2. The quantitative estimate of drug-likeness (QED) is 0.853. The molecule has 5 nitrogen and oxygen atoms in total. The highest BCUT2D eigenvalue weighted by Crippen LogP contribution is 2.22. The van der Waals surface area contributed by atoms with Gasteiger partial charge in [-0.25, -0.2) is 0 Å². The number of amides is 1. The van der Waals surface area contributed by atoms with Crippen LogP contribution in [0.2, 0.25) is 0 Å². The molecule has 1 heterocycles. The van der Waals surface area contributed by atoms with E-state index in [2.05, 4.69) is 10.5 Å². The maximum atomic E-state index is 12.0. The van der Waals surface area contributed by atoms with Gasteiger partial charge >= 0.3 is 0 Å². The van der Waals surface area contributed by atoms with Gasteiger partial charge in [0, 0.05) is 5.56 Å². The average Bonchev–Trinajstić information content (AvgIpc) is 2.64. The van der Waals surface area contributed by atoms with E-state index < -0.39 is 5.91 Å². The number of benzene rings is 1. The zero-order valence-electron chi connectivity index (χ0n) is 10.4. The second-order valence-electron chi connectivity index (χ2n) is 4.20. The number of hydrogen-bond acceptors (Lipinski definition) is 4. The minimum atomic E-state index is -0.421. The molecule has 0 fully saturated rings. The number of nitrogens with zero attached hydrogens (tertiary/aromatic N) is 1. The lowest BCUT2D eigenvalue weighted by Gasteiger charge is -2.05. The van der Waals surface area contributed by atoms with E-state index >= 15 is 0 Å². The maximum Gasteiger partial charge on any atom is 0.261 e. The first-order valence-corrected chi connectivity index (χ1v) is 5.53. The lowest BCUT2D eigenvalue weighted by molar-refractivity contribution is 0.102. The Balaban J connectivity index is 2.27. The Morgan fingerprint density at radius 2 is 2.06 bits per heavy atom. The molecule has 0 saturated carbocycles. The number of anilines is 1. The van der Waals surface area contributed by atoms with Gasteiger partial charge in [-0.05, 0) is 32.9 Å². The summed E-state index contributed by atoms with van der Waals surface area (Å²) in [5.74, 6) is -0.180. The normalized spacial score (nSPS) is 10.4. The van der Waals surface area contributed by atoms with Gasteiger partial charge < -0.3 is 9.63 Å². The van der Waals surface area contributed by atoms with Crippen molar-refractivity contribution in [2.75, 3.05) is 5.32 Å². The number of carbonyl (C=O) groups is 1. The van der Waals surface area contributed by atoms with Crippen LogP contribution in [0.1, 0.15) is 27.2 Å². The molecule has 0 atom stereocenters. The molecular formula is C13H14N2O3. The molecule has 0 radical (unpaired) electrons. The van der Waals surface area contributed by atoms with E-state index in [-0.39, 0.29) is 11.3 Å². The monoisotopic (exact) mass is 246 g/mol. The van der Waals surface area contributed by atoms with Crippen LogP contribution < -0.4 is 5.32 Å². The summed E-state index contributed by atoms with van der Waals surface area (Å²) in [5, 5.41) is 16.0. The highest BCUT2D eigenvalue weighted by molar-refractivity contribution is 6.05. The van der Waals surface area contributed by atoms with Crippen molar-refractivity contribution in [3.8, 4) is 5.75 Å².